The summed E-state index contributed by atoms with van der Waals surface area (Å²) in [6.07, 6.45) is 7.21. The predicted molar refractivity (Wildman–Crippen MR) is 131 cm³/mol. The molecule has 0 spiro atoms. The molecule has 3 aromatic rings. The number of nitrogens with one attached hydrogen (secondary N) is 2. The first-order valence-corrected chi connectivity index (χ1v) is 11.9. The zero-order chi connectivity index (χ0) is 23.0. The second-order valence-corrected chi connectivity index (χ2v) is 9.05. The van der Waals surface area contributed by atoms with Crippen molar-refractivity contribution in [2.45, 2.75) is 44.7 Å². The van der Waals surface area contributed by atoms with Gasteiger partial charge in [-0.15, -0.1) is 0 Å². The number of benzene rings is 1. The van der Waals surface area contributed by atoms with E-state index in [0.717, 1.165) is 54.6 Å². The second-order valence-electron chi connectivity index (χ2n) is 8.65. The van der Waals surface area contributed by atoms with Gasteiger partial charge in [0.25, 0.3) is 0 Å². The van der Waals surface area contributed by atoms with Crippen molar-refractivity contribution in [3.05, 3.63) is 76.8 Å². The van der Waals surface area contributed by atoms with Crippen LogP contribution in [0.2, 0.25) is 5.02 Å². The Hall–Kier alpha value is -2.54. The molecule has 0 bridgehead atoms. The Morgan fingerprint density at radius 1 is 1.06 bits per heavy atom. The summed E-state index contributed by atoms with van der Waals surface area (Å²) in [5.74, 6) is 1.06. The molecule has 1 aliphatic rings. The van der Waals surface area contributed by atoms with Crippen molar-refractivity contribution in [1.29, 1.82) is 0 Å². The highest BCUT2D eigenvalue weighted by atomic mass is 35.5. The highest BCUT2D eigenvalue weighted by Gasteiger charge is 2.21. The van der Waals surface area contributed by atoms with E-state index in [1.54, 1.807) is 12.3 Å². The van der Waals surface area contributed by atoms with E-state index in [1.165, 1.54) is 12.1 Å². The van der Waals surface area contributed by atoms with Crippen LogP contribution in [0.4, 0.5) is 10.2 Å². The van der Waals surface area contributed by atoms with Crippen molar-refractivity contribution in [3.63, 3.8) is 0 Å². The van der Waals surface area contributed by atoms with Crippen molar-refractivity contribution in [3.8, 4) is 11.3 Å². The van der Waals surface area contributed by atoms with Gasteiger partial charge < -0.3 is 15.7 Å². The average Bonchev–Trinajstić information content (AvgIpc) is 2.84. The number of aliphatic hydroxyl groups excluding tert-OH is 1. The van der Waals surface area contributed by atoms with Crippen molar-refractivity contribution < 1.29 is 9.50 Å². The smallest absolute Gasteiger partial charge is 0.126 e. The fourth-order valence-corrected chi connectivity index (χ4v) is 4.65. The summed E-state index contributed by atoms with van der Waals surface area (Å²) in [6.45, 7) is 1.34. The topological polar surface area (TPSA) is 70.1 Å². The Bertz CT molecular complexity index is 1060. The van der Waals surface area contributed by atoms with Crippen molar-refractivity contribution in [2.24, 2.45) is 5.92 Å². The Balaban J connectivity index is 1.41. The van der Waals surface area contributed by atoms with Gasteiger partial charge in [-0.1, -0.05) is 29.8 Å². The maximum absolute atomic E-state index is 13.4. The summed E-state index contributed by atoms with van der Waals surface area (Å²) >= 11 is 6.49. The lowest BCUT2D eigenvalue weighted by atomic mass is 9.83. The van der Waals surface area contributed by atoms with Crippen molar-refractivity contribution in [1.82, 2.24) is 15.3 Å². The molecule has 5 nitrogen and oxygen atoms in total. The molecule has 0 radical (unpaired) electrons. The fraction of sp³-hybridized carbons (Fsp3) is 0.385. The molecule has 33 heavy (non-hydrogen) atoms. The van der Waals surface area contributed by atoms with Gasteiger partial charge in [-0.3, -0.25) is 4.98 Å². The lowest BCUT2D eigenvalue weighted by Crippen LogP contribution is -2.35. The summed E-state index contributed by atoms with van der Waals surface area (Å²) in [5.41, 5.74) is 3.54. The van der Waals surface area contributed by atoms with Gasteiger partial charge in [-0.2, -0.15) is 0 Å². The molecule has 2 heterocycles. The number of hydrogen-bond acceptors (Lipinski definition) is 5. The van der Waals surface area contributed by atoms with E-state index in [1.807, 2.05) is 24.3 Å². The molecule has 0 atom stereocenters. The molecule has 1 fully saturated rings. The van der Waals surface area contributed by atoms with E-state index in [2.05, 4.69) is 21.7 Å². The zero-order valence-corrected chi connectivity index (χ0v) is 19.4. The molecule has 0 unspecified atom stereocenters. The maximum Gasteiger partial charge on any atom is 0.126 e. The third-order valence-electron chi connectivity index (χ3n) is 6.19. The minimum Gasteiger partial charge on any atom is -0.395 e. The monoisotopic (exact) mass is 468 g/mol. The average molecular weight is 469 g/mol. The molecule has 0 aliphatic heterocycles. The standard InChI is InChI=1S/C26H30ClFN4O/c27-24-17-30-22(14-18-7-9-21(10-8-18)29-11-12-33)15-23(24)25-5-2-6-26(32-25)31-16-19-3-1-4-20(28)13-19/h1-6,13,15,17-18,21,29,33H,7-12,14,16H2,(H,31,32). The first-order chi connectivity index (χ1) is 16.1. The predicted octanol–water partition coefficient (Wildman–Crippen LogP) is 5.23. The number of rotatable bonds is 9. The Kier molecular flexibility index (Phi) is 8.26. The molecule has 174 valence electrons. The highest BCUT2D eigenvalue weighted by molar-refractivity contribution is 6.33. The number of anilines is 1. The Morgan fingerprint density at radius 3 is 2.67 bits per heavy atom. The van der Waals surface area contributed by atoms with Crippen LogP contribution in [-0.4, -0.2) is 34.3 Å². The van der Waals surface area contributed by atoms with Gasteiger partial charge in [-0.25, -0.2) is 9.37 Å². The molecule has 2 aromatic heterocycles. The van der Waals surface area contributed by atoms with Gasteiger partial charge in [0, 0.05) is 36.6 Å². The molecule has 1 saturated carbocycles. The Morgan fingerprint density at radius 2 is 1.88 bits per heavy atom. The van der Waals surface area contributed by atoms with Crippen LogP contribution >= 0.6 is 11.6 Å². The zero-order valence-electron chi connectivity index (χ0n) is 18.6. The molecular formula is C26H30ClFN4O. The number of hydrogen-bond donors (Lipinski definition) is 3. The van der Waals surface area contributed by atoms with E-state index in [9.17, 15) is 4.39 Å². The molecule has 1 aromatic carbocycles. The van der Waals surface area contributed by atoms with Gasteiger partial charge in [0.05, 0.1) is 17.3 Å². The molecule has 0 amide bonds. The summed E-state index contributed by atoms with van der Waals surface area (Å²) in [7, 11) is 0. The quantitative estimate of drug-likeness (QED) is 0.401. The van der Waals surface area contributed by atoms with E-state index in [-0.39, 0.29) is 12.4 Å². The van der Waals surface area contributed by atoms with E-state index in [0.29, 0.717) is 35.9 Å². The van der Waals surface area contributed by atoms with E-state index < -0.39 is 0 Å². The minimum absolute atomic E-state index is 0.187. The van der Waals surface area contributed by atoms with Crippen LogP contribution in [0.25, 0.3) is 11.3 Å². The number of halogens is 2. The summed E-state index contributed by atoms with van der Waals surface area (Å²) < 4.78 is 13.4. The van der Waals surface area contributed by atoms with E-state index >= 15 is 0 Å². The molecule has 0 saturated heterocycles. The first-order valence-electron chi connectivity index (χ1n) is 11.5. The SMILES string of the molecule is OCCNC1CCC(Cc2cc(-c3cccc(NCc4cccc(F)c4)n3)c(Cl)cn2)CC1. The lowest BCUT2D eigenvalue weighted by Gasteiger charge is -2.29. The maximum atomic E-state index is 13.4. The first kappa shape index (κ1) is 23.6. The molecule has 3 N–H and O–H groups in total. The number of aromatic nitrogens is 2. The molecule has 1 aliphatic carbocycles. The Labute approximate surface area is 199 Å². The molecule has 7 heteroatoms. The van der Waals surface area contributed by atoms with Crippen LogP contribution in [0.15, 0.2) is 54.7 Å². The van der Waals surface area contributed by atoms with Gasteiger partial charge in [-0.05, 0) is 73.9 Å². The highest BCUT2D eigenvalue weighted by Crippen LogP contribution is 2.31. The van der Waals surface area contributed by atoms with E-state index in [4.69, 9.17) is 21.7 Å². The summed E-state index contributed by atoms with van der Waals surface area (Å²) in [5, 5.41) is 16.2. The van der Waals surface area contributed by atoms with Crippen molar-refractivity contribution in [2.75, 3.05) is 18.5 Å². The van der Waals surface area contributed by atoms with Crippen LogP contribution in [0.3, 0.4) is 0 Å². The molecular weight excluding hydrogens is 439 g/mol. The largest absolute Gasteiger partial charge is 0.395 e. The van der Waals surface area contributed by atoms with Gasteiger partial charge in [0.2, 0.25) is 0 Å². The van der Waals surface area contributed by atoms with Gasteiger partial charge >= 0.3 is 0 Å². The van der Waals surface area contributed by atoms with Crippen LogP contribution in [0, 0.1) is 11.7 Å². The van der Waals surface area contributed by atoms with Gasteiger partial charge in [0.1, 0.15) is 11.6 Å². The lowest BCUT2D eigenvalue weighted by molar-refractivity contribution is 0.251. The second kappa shape index (κ2) is 11.5. The van der Waals surface area contributed by atoms with Crippen LogP contribution < -0.4 is 10.6 Å². The normalized spacial score (nSPS) is 18.3. The third-order valence-corrected chi connectivity index (χ3v) is 6.49. The van der Waals surface area contributed by atoms with Crippen LogP contribution in [0.1, 0.15) is 36.9 Å². The number of aliphatic hydroxyl groups is 1. The van der Waals surface area contributed by atoms with Crippen molar-refractivity contribution >= 4 is 17.4 Å². The number of nitrogens with zero attached hydrogens (tertiary/aromatic N) is 2. The van der Waals surface area contributed by atoms with Crippen LogP contribution in [-0.2, 0) is 13.0 Å². The van der Waals surface area contributed by atoms with Crippen LogP contribution in [0.5, 0.6) is 0 Å². The number of pyridine rings is 2. The van der Waals surface area contributed by atoms with Gasteiger partial charge in [0.15, 0.2) is 0 Å². The minimum atomic E-state index is -0.248. The summed E-state index contributed by atoms with van der Waals surface area (Å²) in [6, 6.07) is 14.9. The molecule has 4 rings (SSSR count). The summed E-state index contributed by atoms with van der Waals surface area (Å²) in [4.78, 5) is 9.30. The third kappa shape index (κ3) is 6.73. The fourth-order valence-electron chi connectivity index (χ4n) is 4.45.